The minimum Gasteiger partial charge on any atom is -0.396 e. The highest BCUT2D eigenvalue weighted by atomic mass is 32.2. The van der Waals surface area contributed by atoms with Crippen LogP contribution in [0.2, 0.25) is 0 Å². The summed E-state index contributed by atoms with van der Waals surface area (Å²) in [5.74, 6) is 0.998. The van der Waals surface area contributed by atoms with Crippen molar-refractivity contribution in [2.45, 2.75) is 18.2 Å². The lowest BCUT2D eigenvalue weighted by Crippen LogP contribution is -2.31. The lowest BCUT2D eigenvalue weighted by molar-refractivity contribution is 0.146. The topological polar surface area (TPSA) is 46.2 Å². The fourth-order valence-corrected chi connectivity index (χ4v) is 2.36. The zero-order valence-corrected chi connectivity index (χ0v) is 9.96. The molecule has 84 valence electrons. The van der Waals surface area contributed by atoms with Crippen molar-refractivity contribution in [1.29, 1.82) is 0 Å². The summed E-state index contributed by atoms with van der Waals surface area (Å²) in [7, 11) is 0. The third-order valence-corrected chi connectivity index (χ3v) is 3.61. The molecule has 1 aromatic rings. The van der Waals surface area contributed by atoms with Gasteiger partial charge in [-0.3, -0.25) is 0 Å². The molecule has 1 rings (SSSR count). The minimum atomic E-state index is -0.123. The van der Waals surface area contributed by atoms with Gasteiger partial charge in [0.25, 0.3) is 0 Å². The van der Waals surface area contributed by atoms with E-state index in [1.165, 1.54) is 4.90 Å². The SMILES string of the molecule is CC(CN)(CO)CCSc1ccccc1. The molecule has 0 saturated heterocycles. The number of aliphatic hydroxyl groups excluding tert-OH is 1. The molecule has 15 heavy (non-hydrogen) atoms. The lowest BCUT2D eigenvalue weighted by atomic mass is 9.89. The van der Waals surface area contributed by atoms with E-state index < -0.39 is 0 Å². The number of thioether (sulfide) groups is 1. The van der Waals surface area contributed by atoms with Crippen molar-refractivity contribution in [3.8, 4) is 0 Å². The maximum absolute atomic E-state index is 9.19. The van der Waals surface area contributed by atoms with Crippen molar-refractivity contribution in [1.82, 2.24) is 0 Å². The van der Waals surface area contributed by atoms with E-state index in [2.05, 4.69) is 12.1 Å². The van der Waals surface area contributed by atoms with Crippen LogP contribution in [0.15, 0.2) is 35.2 Å². The van der Waals surface area contributed by atoms with E-state index in [-0.39, 0.29) is 12.0 Å². The van der Waals surface area contributed by atoms with Gasteiger partial charge in [-0.15, -0.1) is 11.8 Å². The molecular weight excluding hydrogens is 206 g/mol. The van der Waals surface area contributed by atoms with Crippen LogP contribution in [0.25, 0.3) is 0 Å². The van der Waals surface area contributed by atoms with Gasteiger partial charge in [0, 0.05) is 16.9 Å². The second kappa shape index (κ2) is 6.16. The van der Waals surface area contributed by atoms with Gasteiger partial charge in [0.2, 0.25) is 0 Å². The summed E-state index contributed by atoms with van der Waals surface area (Å²) < 4.78 is 0. The van der Waals surface area contributed by atoms with E-state index in [0.717, 1.165) is 12.2 Å². The normalized spacial score (nSPS) is 14.9. The molecule has 1 aromatic carbocycles. The fourth-order valence-electron chi connectivity index (χ4n) is 1.18. The van der Waals surface area contributed by atoms with E-state index in [0.29, 0.717) is 6.54 Å². The molecule has 0 aliphatic rings. The Balaban J connectivity index is 2.33. The Hall–Kier alpha value is -0.510. The molecule has 1 unspecified atom stereocenters. The lowest BCUT2D eigenvalue weighted by Gasteiger charge is -2.24. The highest BCUT2D eigenvalue weighted by Crippen LogP contribution is 2.25. The van der Waals surface area contributed by atoms with E-state index in [1.54, 1.807) is 0 Å². The molecule has 0 bridgehead atoms. The predicted molar refractivity (Wildman–Crippen MR) is 66.0 cm³/mol. The molecule has 0 radical (unpaired) electrons. The smallest absolute Gasteiger partial charge is 0.0497 e. The molecule has 3 N–H and O–H groups in total. The molecular formula is C12H19NOS. The van der Waals surface area contributed by atoms with Gasteiger partial charge in [0.1, 0.15) is 0 Å². The summed E-state index contributed by atoms with van der Waals surface area (Å²) in [6.07, 6.45) is 0.944. The molecule has 1 atom stereocenters. The van der Waals surface area contributed by atoms with Gasteiger partial charge >= 0.3 is 0 Å². The third-order valence-electron chi connectivity index (χ3n) is 2.59. The average molecular weight is 225 g/mol. The van der Waals surface area contributed by atoms with Crippen LogP contribution >= 0.6 is 11.8 Å². The van der Waals surface area contributed by atoms with Crippen LogP contribution in [0.4, 0.5) is 0 Å². The molecule has 0 aliphatic carbocycles. The first kappa shape index (κ1) is 12.6. The molecule has 0 aliphatic heterocycles. The number of benzene rings is 1. The molecule has 0 saturated carbocycles. The van der Waals surface area contributed by atoms with Gasteiger partial charge in [-0.2, -0.15) is 0 Å². The van der Waals surface area contributed by atoms with E-state index >= 15 is 0 Å². The Morgan fingerprint density at radius 3 is 2.53 bits per heavy atom. The number of nitrogens with two attached hydrogens (primary N) is 1. The minimum absolute atomic E-state index is 0.123. The first-order valence-corrected chi connectivity index (χ1v) is 6.17. The largest absolute Gasteiger partial charge is 0.396 e. The monoisotopic (exact) mass is 225 g/mol. The Morgan fingerprint density at radius 1 is 1.33 bits per heavy atom. The van der Waals surface area contributed by atoms with Gasteiger partial charge in [0.15, 0.2) is 0 Å². The second-order valence-electron chi connectivity index (χ2n) is 4.08. The fraction of sp³-hybridized carbons (Fsp3) is 0.500. The zero-order chi connectivity index (χ0) is 11.1. The van der Waals surface area contributed by atoms with Crippen LogP contribution in [0.3, 0.4) is 0 Å². The molecule has 0 aromatic heterocycles. The molecule has 0 spiro atoms. The quantitative estimate of drug-likeness (QED) is 0.729. The maximum Gasteiger partial charge on any atom is 0.0497 e. The van der Waals surface area contributed by atoms with Gasteiger partial charge < -0.3 is 10.8 Å². The van der Waals surface area contributed by atoms with E-state index in [1.807, 2.05) is 36.9 Å². The number of hydrogen-bond acceptors (Lipinski definition) is 3. The van der Waals surface area contributed by atoms with Gasteiger partial charge in [-0.1, -0.05) is 25.1 Å². The Labute approximate surface area is 95.9 Å². The number of rotatable bonds is 6. The van der Waals surface area contributed by atoms with Crippen LogP contribution in [0.1, 0.15) is 13.3 Å². The van der Waals surface area contributed by atoms with E-state index in [4.69, 9.17) is 5.73 Å². The van der Waals surface area contributed by atoms with Gasteiger partial charge in [-0.25, -0.2) is 0 Å². The summed E-state index contributed by atoms with van der Waals surface area (Å²) >= 11 is 1.81. The number of hydrogen-bond donors (Lipinski definition) is 2. The summed E-state index contributed by atoms with van der Waals surface area (Å²) in [4.78, 5) is 1.27. The Kier molecular flexibility index (Phi) is 5.15. The van der Waals surface area contributed by atoms with Crippen LogP contribution in [-0.2, 0) is 0 Å². The van der Waals surface area contributed by atoms with Crippen molar-refractivity contribution in [3.63, 3.8) is 0 Å². The van der Waals surface area contributed by atoms with Crippen molar-refractivity contribution in [2.75, 3.05) is 18.9 Å². The summed E-state index contributed by atoms with van der Waals surface area (Å²) in [6.45, 7) is 2.73. The molecule has 0 fully saturated rings. The molecule has 0 amide bonds. The van der Waals surface area contributed by atoms with Crippen molar-refractivity contribution in [3.05, 3.63) is 30.3 Å². The third kappa shape index (κ3) is 4.24. The molecule has 0 heterocycles. The van der Waals surface area contributed by atoms with Crippen molar-refractivity contribution >= 4 is 11.8 Å². The Bertz CT molecular complexity index is 272. The predicted octanol–water partition coefficient (Wildman–Crippen LogP) is 2.13. The highest BCUT2D eigenvalue weighted by molar-refractivity contribution is 7.99. The van der Waals surface area contributed by atoms with Crippen LogP contribution in [0, 0.1) is 5.41 Å². The molecule has 3 heteroatoms. The maximum atomic E-state index is 9.19. The van der Waals surface area contributed by atoms with Crippen molar-refractivity contribution in [2.24, 2.45) is 11.1 Å². The average Bonchev–Trinajstić information content (AvgIpc) is 2.30. The van der Waals surface area contributed by atoms with Gasteiger partial charge in [-0.05, 0) is 30.9 Å². The standard InChI is InChI=1S/C12H19NOS/c1-12(9-13,10-14)7-8-15-11-5-3-2-4-6-11/h2-6,14H,7-10,13H2,1H3. The second-order valence-corrected chi connectivity index (χ2v) is 5.25. The van der Waals surface area contributed by atoms with E-state index in [9.17, 15) is 5.11 Å². The van der Waals surface area contributed by atoms with Gasteiger partial charge in [0.05, 0.1) is 0 Å². The van der Waals surface area contributed by atoms with Crippen LogP contribution < -0.4 is 5.73 Å². The summed E-state index contributed by atoms with van der Waals surface area (Å²) in [6, 6.07) is 10.3. The number of aliphatic hydroxyl groups is 1. The first-order chi connectivity index (χ1) is 7.20. The van der Waals surface area contributed by atoms with Crippen molar-refractivity contribution < 1.29 is 5.11 Å². The zero-order valence-electron chi connectivity index (χ0n) is 9.15. The Morgan fingerprint density at radius 2 is 2.00 bits per heavy atom. The van der Waals surface area contributed by atoms with Crippen LogP contribution in [-0.4, -0.2) is 24.0 Å². The molecule has 2 nitrogen and oxygen atoms in total. The highest BCUT2D eigenvalue weighted by Gasteiger charge is 2.20. The summed E-state index contributed by atoms with van der Waals surface area (Å²) in [5.41, 5.74) is 5.50. The first-order valence-electron chi connectivity index (χ1n) is 5.19. The summed E-state index contributed by atoms with van der Waals surface area (Å²) in [5, 5.41) is 9.19. The van der Waals surface area contributed by atoms with Crippen LogP contribution in [0.5, 0.6) is 0 Å².